The van der Waals surface area contributed by atoms with Gasteiger partial charge in [0.1, 0.15) is 11.4 Å². The molecular weight excluding hydrogens is 303 g/mol. The molecule has 2 aliphatic rings. The predicted octanol–water partition coefficient (Wildman–Crippen LogP) is 1.22. The van der Waals surface area contributed by atoms with Crippen LogP contribution in [-0.2, 0) is 14.4 Å². The summed E-state index contributed by atoms with van der Waals surface area (Å²) in [5, 5.41) is 11.6. The van der Waals surface area contributed by atoms with Crippen LogP contribution in [0.15, 0.2) is 18.2 Å². The van der Waals surface area contributed by atoms with E-state index in [0.717, 1.165) is 5.56 Å². The van der Waals surface area contributed by atoms with Crippen LogP contribution in [-0.4, -0.2) is 35.0 Å². The Morgan fingerprint density at radius 2 is 2.09 bits per heavy atom. The molecule has 6 nitrogen and oxygen atoms in total. The first kappa shape index (κ1) is 15.5. The highest BCUT2D eigenvalue weighted by molar-refractivity contribution is 6.01. The highest BCUT2D eigenvalue weighted by Crippen LogP contribution is 2.36. The number of amides is 2. The molecule has 0 unspecified atom stereocenters. The van der Waals surface area contributed by atoms with Crippen molar-refractivity contribution >= 4 is 23.5 Å². The van der Waals surface area contributed by atoms with Gasteiger partial charge in [-0.05, 0) is 37.5 Å². The second kappa shape index (κ2) is 5.33. The number of hydrogen-bond donors (Lipinski definition) is 2. The molecule has 0 bridgehead atoms. The fraction of sp³-hybridized carbons (Fsp3) is 0.438. The minimum absolute atomic E-state index is 0.0468. The lowest BCUT2D eigenvalue weighted by molar-refractivity contribution is -0.143. The summed E-state index contributed by atoms with van der Waals surface area (Å²) in [4.78, 5) is 36.7. The minimum atomic E-state index is -1.18. The Labute approximate surface area is 132 Å². The third kappa shape index (κ3) is 2.78. The third-order valence-electron chi connectivity index (χ3n) is 4.41. The van der Waals surface area contributed by atoms with Crippen LogP contribution in [0.3, 0.4) is 0 Å². The van der Waals surface area contributed by atoms with Crippen molar-refractivity contribution in [2.45, 2.75) is 31.7 Å². The Balaban J connectivity index is 1.72. The molecule has 1 saturated carbocycles. The number of nitrogens with one attached hydrogen (secondary N) is 1. The van der Waals surface area contributed by atoms with Gasteiger partial charge >= 0.3 is 5.97 Å². The van der Waals surface area contributed by atoms with Gasteiger partial charge in [-0.1, -0.05) is 6.07 Å². The number of benzene rings is 1. The van der Waals surface area contributed by atoms with Gasteiger partial charge in [-0.25, -0.2) is 9.18 Å². The summed E-state index contributed by atoms with van der Waals surface area (Å²) in [5.74, 6) is -3.04. The molecule has 2 fully saturated rings. The van der Waals surface area contributed by atoms with E-state index in [2.05, 4.69) is 5.32 Å². The monoisotopic (exact) mass is 320 g/mol. The Hall–Kier alpha value is -2.44. The Kier molecular flexibility index (Phi) is 3.58. The van der Waals surface area contributed by atoms with Gasteiger partial charge in [0.05, 0.1) is 11.6 Å². The van der Waals surface area contributed by atoms with E-state index in [0.29, 0.717) is 12.8 Å². The fourth-order valence-corrected chi connectivity index (χ4v) is 2.80. The van der Waals surface area contributed by atoms with Crippen LogP contribution < -0.4 is 10.2 Å². The van der Waals surface area contributed by atoms with Crippen molar-refractivity contribution in [2.75, 3.05) is 11.4 Å². The quantitative estimate of drug-likeness (QED) is 0.873. The highest BCUT2D eigenvalue weighted by Gasteiger charge is 2.53. The number of carbonyl (C=O) groups is 3. The van der Waals surface area contributed by atoms with Gasteiger partial charge in [0.2, 0.25) is 11.8 Å². The van der Waals surface area contributed by atoms with E-state index in [9.17, 15) is 18.8 Å². The molecule has 1 aromatic rings. The normalized spacial score (nSPS) is 22.1. The minimum Gasteiger partial charge on any atom is -0.480 e. The van der Waals surface area contributed by atoms with Crippen LogP contribution in [0.1, 0.15) is 24.8 Å². The number of rotatable bonds is 4. The molecule has 23 heavy (non-hydrogen) atoms. The van der Waals surface area contributed by atoms with Gasteiger partial charge in [0, 0.05) is 13.0 Å². The zero-order chi connectivity index (χ0) is 16.8. The summed E-state index contributed by atoms with van der Waals surface area (Å²) >= 11 is 0. The molecule has 0 aromatic heterocycles. The largest absolute Gasteiger partial charge is 0.480 e. The first-order valence-corrected chi connectivity index (χ1v) is 7.44. The Bertz CT molecular complexity index is 699. The number of halogens is 1. The number of aliphatic carboxylic acids is 1. The summed E-state index contributed by atoms with van der Waals surface area (Å²) < 4.78 is 14.0. The molecule has 2 N–H and O–H groups in total. The van der Waals surface area contributed by atoms with Gasteiger partial charge in [0.25, 0.3) is 0 Å². The van der Waals surface area contributed by atoms with Crippen LogP contribution in [0.4, 0.5) is 10.1 Å². The number of anilines is 1. The van der Waals surface area contributed by atoms with E-state index in [4.69, 9.17) is 5.11 Å². The van der Waals surface area contributed by atoms with Crippen molar-refractivity contribution < 1.29 is 23.9 Å². The molecular formula is C16H17FN2O4. The van der Waals surface area contributed by atoms with Crippen LogP contribution in [0.2, 0.25) is 0 Å². The van der Waals surface area contributed by atoms with Gasteiger partial charge in [-0.15, -0.1) is 0 Å². The maximum Gasteiger partial charge on any atom is 0.329 e. The lowest BCUT2D eigenvalue weighted by atomic mass is 10.1. The zero-order valence-corrected chi connectivity index (χ0v) is 12.6. The number of nitrogens with zero attached hydrogens (tertiary/aromatic N) is 1. The standard InChI is InChI=1S/C16H17FN2O4/c1-9-2-3-12(11(17)6-9)19-8-10(7-13(19)20)14(21)18-16(4-5-16)15(22)23/h2-3,6,10H,4-5,7-8H2,1H3,(H,18,21)(H,22,23)/t10-/m1/s1. The molecule has 0 radical (unpaired) electrons. The second-order valence-corrected chi connectivity index (χ2v) is 6.24. The topological polar surface area (TPSA) is 86.7 Å². The first-order chi connectivity index (χ1) is 10.8. The van der Waals surface area contributed by atoms with Crippen molar-refractivity contribution in [3.63, 3.8) is 0 Å². The number of hydrogen-bond acceptors (Lipinski definition) is 3. The van der Waals surface area contributed by atoms with E-state index in [1.165, 1.54) is 17.0 Å². The highest BCUT2D eigenvalue weighted by atomic mass is 19.1. The molecule has 1 atom stereocenters. The van der Waals surface area contributed by atoms with E-state index < -0.39 is 29.2 Å². The van der Waals surface area contributed by atoms with Gasteiger partial charge in [-0.2, -0.15) is 0 Å². The van der Waals surface area contributed by atoms with Crippen molar-refractivity contribution in [1.82, 2.24) is 5.32 Å². The number of aryl methyl sites for hydroxylation is 1. The number of carbonyl (C=O) groups excluding carboxylic acids is 2. The molecule has 1 aromatic carbocycles. The molecule has 7 heteroatoms. The lowest BCUT2D eigenvalue weighted by Gasteiger charge is -2.19. The maximum absolute atomic E-state index is 14.0. The molecule has 1 heterocycles. The lowest BCUT2D eigenvalue weighted by Crippen LogP contribution is -2.46. The zero-order valence-electron chi connectivity index (χ0n) is 12.6. The van der Waals surface area contributed by atoms with Crippen LogP contribution >= 0.6 is 0 Å². The van der Waals surface area contributed by atoms with Crippen LogP contribution in [0, 0.1) is 18.7 Å². The van der Waals surface area contributed by atoms with E-state index in [1.54, 1.807) is 13.0 Å². The molecule has 2 amide bonds. The summed E-state index contributed by atoms with van der Waals surface area (Å²) in [6.45, 7) is 1.80. The second-order valence-electron chi connectivity index (χ2n) is 6.24. The molecule has 1 aliphatic carbocycles. The van der Waals surface area contributed by atoms with Crippen molar-refractivity contribution in [1.29, 1.82) is 0 Å². The average molecular weight is 320 g/mol. The molecule has 0 spiro atoms. The average Bonchev–Trinajstić information content (AvgIpc) is 3.15. The molecule has 1 saturated heterocycles. The van der Waals surface area contributed by atoms with Gasteiger partial charge < -0.3 is 15.3 Å². The summed E-state index contributed by atoms with van der Waals surface area (Å²) in [6.07, 6.45) is 0.741. The van der Waals surface area contributed by atoms with Crippen LogP contribution in [0.5, 0.6) is 0 Å². The summed E-state index contributed by atoms with van der Waals surface area (Å²) in [6, 6.07) is 4.55. The van der Waals surface area contributed by atoms with E-state index in [-0.39, 0.29) is 24.6 Å². The smallest absolute Gasteiger partial charge is 0.329 e. The molecule has 3 rings (SSSR count). The summed E-state index contributed by atoms with van der Waals surface area (Å²) in [7, 11) is 0. The molecule has 1 aliphatic heterocycles. The SMILES string of the molecule is Cc1ccc(N2C[C@H](C(=O)NC3(C(=O)O)CC3)CC2=O)c(F)c1. The van der Waals surface area contributed by atoms with Crippen molar-refractivity contribution in [3.8, 4) is 0 Å². The number of carboxylic acid groups (broad SMARTS) is 1. The van der Waals surface area contributed by atoms with Gasteiger partial charge in [0.15, 0.2) is 0 Å². The summed E-state index contributed by atoms with van der Waals surface area (Å²) in [5.41, 5.74) is -0.289. The first-order valence-electron chi connectivity index (χ1n) is 7.44. The van der Waals surface area contributed by atoms with Crippen LogP contribution in [0.25, 0.3) is 0 Å². The number of carboxylic acids is 1. The van der Waals surface area contributed by atoms with E-state index >= 15 is 0 Å². The van der Waals surface area contributed by atoms with Crippen molar-refractivity contribution in [3.05, 3.63) is 29.6 Å². The van der Waals surface area contributed by atoms with Crippen molar-refractivity contribution in [2.24, 2.45) is 5.92 Å². The fourth-order valence-electron chi connectivity index (χ4n) is 2.80. The Morgan fingerprint density at radius 3 is 2.65 bits per heavy atom. The Morgan fingerprint density at radius 1 is 1.39 bits per heavy atom. The molecule has 122 valence electrons. The predicted molar refractivity (Wildman–Crippen MR) is 79.3 cm³/mol. The third-order valence-corrected chi connectivity index (χ3v) is 4.41. The maximum atomic E-state index is 14.0. The van der Waals surface area contributed by atoms with Gasteiger partial charge in [-0.3, -0.25) is 9.59 Å². The van der Waals surface area contributed by atoms with E-state index in [1.807, 2.05) is 0 Å².